The first-order valence-corrected chi connectivity index (χ1v) is 7.38. The Balaban J connectivity index is 2.29. The van der Waals surface area contributed by atoms with Crippen LogP contribution in [-0.2, 0) is 0 Å². The van der Waals surface area contributed by atoms with Gasteiger partial charge in [0, 0.05) is 0 Å². The van der Waals surface area contributed by atoms with Crippen molar-refractivity contribution in [3.8, 4) is 0 Å². The summed E-state index contributed by atoms with van der Waals surface area (Å²) >= 11 is 0. The first kappa shape index (κ1) is 14.5. The Morgan fingerprint density at radius 3 is 2.42 bits per heavy atom. The van der Waals surface area contributed by atoms with Crippen LogP contribution in [0.4, 0.5) is 0 Å². The molecule has 1 aliphatic rings. The van der Waals surface area contributed by atoms with E-state index in [2.05, 4.69) is 51.0 Å². The summed E-state index contributed by atoms with van der Waals surface area (Å²) in [6, 6.07) is 8.30. The lowest BCUT2D eigenvalue weighted by Crippen LogP contribution is -2.51. The highest BCUT2D eigenvalue weighted by Gasteiger charge is 2.42. The van der Waals surface area contributed by atoms with Crippen molar-refractivity contribution in [2.75, 3.05) is 14.1 Å². The Labute approximate surface area is 117 Å². The summed E-state index contributed by atoms with van der Waals surface area (Å²) in [6.07, 6.45) is 4.18. The molecule has 0 bridgehead atoms. The van der Waals surface area contributed by atoms with Gasteiger partial charge in [0.1, 0.15) is 0 Å². The van der Waals surface area contributed by atoms with E-state index in [9.17, 15) is 5.11 Å². The molecule has 2 rings (SSSR count). The molecule has 1 saturated carbocycles. The lowest BCUT2D eigenvalue weighted by atomic mass is 9.71. The fraction of sp³-hybridized carbons (Fsp3) is 0.647. The van der Waals surface area contributed by atoms with Gasteiger partial charge in [0.15, 0.2) is 0 Å². The van der Waals surface area contributed by atoms with Gasteiger partial charge in [-0.1, -0.05) is 36.8 Å². The quantitative estimate of drug-likeness (QED) is 0.899. The van der Waals surface area contributed by atoms with Crippen molar-refractivity contribution in [3.63, 3.8) is 0 Å². The second kappa shape index (κ2) is 5.64. The highest BCUT2D eigenvalue weighted by Crippen LogP contribution is 2.43. The molecule has 19 heavy (non-hydrogen) atoms. The number of rotatable bonds is 3. The second-order valence-electron chi connectivity index (χ2n) is 6.50. The maximum Gasteiger partial charge on any atom is 0.0973 e. The molecule has 1 N–H and O–H groups in total. The molecular formula is C17H27NO. The summed E-state index contributed by atoms with van der Waals surface area (Å²) in [5.74, 6) is 0.790. The third kappa shape index (κ3) is 2.85. The van der Waals surface area contributed by atoms with E-state index in [4.69, 9.17) is 0 Å². The van der Waals surface area contributed by atoms with Gasteiger partial charge in [-0.25, -0.2) is 0 Å². The predicted molar refractivity (Wildman–Crippen MR) is 80.2 cm³/mol. The van der Waals surface area contributed by atoms with Crippen molar-refractivity contribution in [2.24, 2.45) is 5.92 Å². The molecule has 1 aromatic rings. The van der Waals surface area contributed by atoms with Gasteiger partial charge in [-0.05, 0) is 58.2 Å². The molecule has 1 unspecified atom stereocenters. The Bertz CT molecular complexity index is 419. The molecule has 0 amide bonds. The molecule has 0 aliphatic heterocycles. The lowest BCUT2D eigenvalue weighted by Gasteiger charge is -2.47. The SMILES string of the molecule is Cc1cccc(C(O)C2(N(C)C)CCC(C)CC2)c1. The van der Waals surface area contributed by atoms with E-state index in [0.29, 0.717) is 0 Å². The van der Waals surface area contributed by atoms with Crippen LogP contribution in [0.5, 0.6) is 0 Å². The van der Waals surface area contributed by atoms with E-state index in [1.165, 1.54) is 18.4 Å². The molecule has 0 aromatic heterocycles. The zero-order chi connectivity index (χ0) is 14.0. The first-order valence-electron chi connectivity index (χ1n) is 7.38. The third-order valence-corrected chi connectivity index (χ3v) is 4.90. The normalized spacial score (nSPS) is 29.5. The Hall–Kier alpha value is -0.860. The van der Waals surface area contributed by atoms with Crippen LogP contribution in [0.25, 0.3) is 0 Å². The maximum atomic E-state index is 10.9. The summed E-state index contributed by atoms with van der Waals surface area (Å²) in [5.41, 5.74) is 2.18. The topological polar surface area (TPSA) is 23.5 Å². The van der Waals surface area contributed by atoms with Gasteiger partial charge in [0.25, 0.3) is 0 Å². The minimum Gasteiger partial charge on any atom is -0.386 e. The molecule has 1 aromatic carbocycles. The van der Waals surface area contributed by atoms with Gasteiger partial charge in [-0.2, -0.15) is 0 Å². The molecule has 1 fully saturated rings. The highest BCUT2D eigenvalue weighted by molar-refractivity contribution is 5.27. The minimum absolute atomic E-state index is 0.0969. The van der Waals surface area contributed by atoms with E-state index in [1.54, 1.807) is 0 Å². The highest BCUT2D eigenvalue weighted by atomic mass is 16.3. The van der Waals surface area contributed by atoms with Crippen LogP contribution in [0.3, 0.4) is 0 Å². The van der Waals surface area contributed by atoms with Gasteiger partial charge >= 0.3 is 0 Å². The summed E-state index contributed by atoms with van der Waals surface area (Å²) in [6.45, 7) is 4.40. The summed E-state index contributed by atoms with van der Waals surface area (Å²) < 4.78 is 0. The fourth-order valence-electron chi connectivity index (χ4n) is 3.38. The number of hydrogen-bond acceptors (Lipinski definition) is 2. The number of aliphatic hydroxyl groups excluding tert-OH is 1. The maximum absolute atomic E-state index is 10.9. The minimum atomic E-state index is -0.394. The smallest absolute Gasteiger partial charge is 0.0973 e. The number of likely N-dealkylation sites (N-methyl/N-ethyl adjacent to an activating group) is 1. The van der Waals surface area contributed by atoms with E-state index in [0.717, 1.165) is 24.3 Å². The number of aliphatic hydroxyl groups is 1. The van der Waals surface area contributed by atoms with Crippen LogP contribution in [0.15, 0.2) is 24.3 Å². The molecule has 2 nitrogen and oxygen atoms in total. The Morgan fingerprint density at radius 1 is 1.26 bits per heavy atom. The van der Waals surface area contributed by atoms with Crippen LogP contribution in [0.2, 0.25) is 0 Å². The van der Waals surface area contributed by atoms with Crippen LogP contribution < -0.4 is 0 Å². The number of nitrogens with zero attached hydrogens (tertiary/aromatic N) is 1. The molecule has 106 valence electrons. The molecule has 1 atom stereocenters. The fourth-order valence-corrected chi connectivity index (χ4v) is 3.38. The number of aryl methyl sites for hydroxylation is 1. The monoisotopic (exact) mass is 261 g/mol. The predicted octanol–water partition coefficient (Wildman–Crippen LogP) is 3.54. The zero-order valence-corrected chi connectivity index (χ0v) is 12.7. The Kier molecular flexibility index (Phi) is 4.32. The molecule has 0 spiro atoms. The van der Waals surface area contributed by atoms with E-state index in [1.807, 2.05) is 6.07 Å². The van der Waals surface area contributed by atoms with Gasteiger partial charge in [-0.3, -0.25) is 0 Å². The summed E-state index contributed by atoms with van der Waals surface area (Å²) in [7, 11) is 4.21. The molecule has 0 heterocycles. The average Bonchev–Trinajstić information content (AvgIpc) is 2.39. The largest absolute Gasteiger partial charge is 0.386 e. The van der Waals surface area contributed by atoms with Crippen molar-refractivity contribution < 1.29 is 5.11 Å². The number of benzene rings is 1. The lowest BCUT2D eigenvalue weighted by molar-refractivity contribution is -0.0408. The van der Waals surface area contributed by atoms with Crippen LogP contribution in [-0.4, -0.2) is 29.6 Å². The second-order valence-corrected chi connectivity index (χ2v) is 6.50. The van der Waals surface area contributed by atoms with Crippen LogP contribution in [0.1, 0.15) is 49.8 Å². The van der Waals surface area contributed by atoms with Crippen molar-refractivity contribution in [2.45, 2.75) is 51.2 Å². The molecule has 0 radical (unpaired) electrons. The van der Waals surface area contributed by atoms with Crippen molar-refractivity contribution >= 4 is 0 Å². The van der Waals surface area contributed by atoms with Gasteiger partial charge in [0.05, 0.1) is 11.6 Å². The van der Waals surface area contributed by atoms with E-state index in [-0.39, 0.29) is 5.54 Å². The summed E-state index contributed by atoms with van der Waals surface area (Å²) in [4.78, 5) is 2.24. The molecule has 1 aliphatic carbocycles. The van der Waals surface area contributed by atoms with Crippen molar-refractivity contribution in [3.05, 3.63) is 35.4 Å². The standard InChI is InChI=1S/C17H27NO/c1-13-8-10-17(11-9-13,18(3)4)16(19)15-7-5-6-14(2)12-15/h5-7,12-13,16,19H,8-11H2,1-4H3. The zero-order valence-electron chi connectivity index (χ0n) is 12.7. The van der Waals surface area contributed by atoms with E-state index < -0.39 is 6.10 Å². The van der Waals surface area contributed by atoms with Crippen LogP contribution >= 0.6 is 0 Å². The van der Waals surface area contributed by atoms with Gasteiger partial charge < -0.3 is 10.0 Å². The average molecular weight is 261 g/mol. The van der Waals surface area contributed by atoms with Crippen molar-refractivity contribution in [1.29, 1.82) is 0 Å². The number of hydrogen-bond donors (Lipinski definition) is 1. The van der Waals surface area contributed by atoms with Crippen molar-refractivity contribution in [1.82, 2.24) is 4.90 Å². The van der Waals surface area contributed by atoms with E-state index >= 15 is 0 Å². The molecular weight excluding hydrogens is 234 g/mol. The Morgan fingerprint density at radius 2 is 1.89 bits per heavy atom. The molecule has 0 saturated heterocycles. The molecule has 2 heteroatoms. The van der Waals surface area contributed by atoms with Gasteiger partial charge in [0.2, 0.25) is 0 Å². The van der Waals surface area contributed by atoms with Gasteiger partial charge in [-0.15, -0.1) is 0 Å². The summed E-state index contributed by atoms with van der Waals surface area (Å²) in [5, 5.41) is 10.9. The third-order valence-electron chi connectivity index (χ3n) is 4.90. The first-order chi connectivity index (χ1) is 8.95. The van der Waals surface area contributed by atoms with Crippen LogP contribution in [0, 0.1) is 12.8 Å².